The van der Waals surface area contributed by atoms with Gasteiger partial charge in [-0.25, -0.2) is 0 Å². The summed E-state index contributed by atoms with van der Waals surface area (Å²) >= 11 is 0. The van der Waals surface area contributed by atoms with Gasteiger partial charge in [0.05, 0.1) is 100 Å². The van der Waals surface area contributed by atoms with Crippen LogP contribution in [0.1, 0.15) is 85.6 Å². The monoisotopic (exact) mass is 1180 g/mol. The predicted molar refractivity (Wildman–Crippen MR) is 384 cm³/mol. The van der Waals surface area contributed by atoms with Gasteiger partial charge in [-0.15, -0.1) is 0 Å². The van der Waals surface area contributed by atoms with E-state index in [1.54, 1.807) is 72.8 Å². The maximum Gasteiger partial charge on any atom is 0.0645 e. The van der Waals surface area contributed by atoms with Crippen LogP contribution in [0, 0.1) is 0 Å². The van der Waals surface area contributed by atoms with Crippen molar-refractivity contribution in [1.29, 1.82) is 0 Å². The van der Waals surface area contributed by atoms with Crippen LogP contribution in [0.2, 0.25) is 0 Å². The van der Waals surface area contributed by atoms with E-state index in [9.17, 15) is 16.4 Å². The standard InChI is InChI=1S/C86H66N4/c1-85(2,3)59-43-47-75-69(51-59)81-77(87(71-39-23-19-35-61(71)55-27-11-7-12-28-55)72-40-24-20-36-62(72)56-29-13-8-14-30-56)49-45-65-67-54-80-68(53-79(67)89(75)83(65)81)66-46-50-78(82-70-52-60(86(4,5)6)44-48-76(70)90(80)84(66)82)88(73-41-25-21-37-63(73)57-31-15-9-16-32-57)74-42-26-22-38-64(74)58-33-17-10-18-34-58/h7-54H,1-6H3/i7D,8D,9D,10D,11D,12D,13D,14D,15D,16D,17D,18D,19D,23D,27D,28D,29D,30D,31D,32D,33D,34D,35D,39D. The normalized spacial score (nSPS) is 16.1. The number of nitrogens with zero attached hydrogens (tertiary/aromatic N) is 4. The number of fused-ring (bicyclic) bond motifs is 12. The Morgan fingerprint density at radius 3 is 1.01 bits per heavy atom. The van der Waals surface area contributed by atoms with Gasteiger partial charge in [-0.05, 0) is 117 Å². The molecule has 13 aromatic carbocycles. The van der Waals surface area contributed by atoms with Gasteiger partial charge in [-0.3, -0.25) is 0 Å². The summed E-state index contributed by atoms with van der Waals surface area (Å²) in [6.07, 6.45) is 0. The lowest BCUT2D eigenvalue weighted by molar-refractivity contribution is 0.591. The van der Waals surface area contributed by atoms with Gasteiger partial charge in [0.1, 0.15) is 0 Å². The first-order valence-corrected chi connectivity index (χ1v) is 29.6. The van der Waals surface area contributed by atoms with Crippen molar-refractivity contribution >= 4 is 110 Å². The topological polar surface area (TPSA) is 15.3 Å². The zero-order valence-corrected chi connectivity index (χ0v) is 49.6. The molecule has 4 heteroatoms. The molecule has 0 N–H and O–H groups in total. The first-order chi connectivity index (χ1) is 53.9. The fourth-order valence-corrected chi connectivity index (χ4v) is 13.5. The molecule has 0 spiro atoms. The van der Waals surface area contributed by atoms with Crippen molar-refractivity contribution in [3.8, 4) is 44.5 Å². The Balaban J connectivity index is 1.02. The van der Waals surface area contributed by atoms with Gasteiger partial charge in [-0.1, -0.05) is 259 Å². The number of anilines is 6. The van der Waals surface area contributed by atoms with E-state index in [-0.39, 0.29) is 50.4 Å². The predicted octanol–water partition coefficient (Wildman–Crippen LogP) is 24.2. The Bertz CT molecular complexity index is 6920. The van der Waals surface area contributed by atoms with Gasteiger partial charge in [0.2, 0.25) is 0 Å². The molecule has 0 saturated heterocycles. The van der Waals surface area contributed by atoms with Crippen molar-refractivity contribution in [2.45, 2.75) is 52.4 Å². The Morgan fingerprint density at radius 2 is 0.622 bits per heavy atom. The highest BCUT2D eigenvalue weighted by molar-refractivity contribution is 6.32. The van der Waals surface area contributed by atoms with E-state index in [0.29, 0.717) is 55.2 Å². The third kappa shape index (κ3) is 8.21. The molecule has 4 aromatic heterocycles. The summed E-state index contributed by atoms with van der Waals surface area (Å²) in [5, 5.41) is 5.59. The van der Waals surface area contributed by atoms with E-state index in [1.807, 2.05) is 35.2 Å². The van der Waals surface area contributed by atoms with Crippen molar-refractivity contribution in [2.75, 3.05) is 9.80 Å². The average molecular weight is 1180 g/mol. The summed E-state index contributed by atoms with van der Waals surface area (Å²) in [6.45, 7) is 12.5. The van der Waals surface area contributed by atoms with Gasteiger partial charge >= 0.3 is 0 Å². The number of aromatic nitrogens is 2. The van der Waals surface area contributed by atoms with Crippen molar-refractivity contribution in [3.63, 3.8) is 0 Å². The minimum absolute atomic E-state index is 0.0150. The molecular formula is C86H66N4. The molecular weight excluding hydrogens is 1090 g/mol. The molecule has 4 nitrogen and oxygen atoms in total. The Hall–Kier alpha value is -10.9. The van der Waals surface area contributed by atoms with Gasteiger partial charge in [0.25, 0.3) is 0 Å². The average Bonchev–Trinajstić information content (AvgIpc) is 1.50. The highest BCUT2D eigenvalue weighted by atomic mass is 15.2. The smallest absolute Gasteiger partial charge is 0.0645 e. The van der Waals surface area contributed by atoms with Gasteiger partial charge in [0.15, 0.2) is 0 Å². The van der Waals surface area contributed by atoms with Crippen LogP contribution >= 0.6 is 0 Å². The molecule has 0 unspecified atom stereocenters. The van der Waals surface area contributed by atoms with Crippen molar-refractivity contribution < 1.29 is 32.9 Å². The summed E-state index contributed by atoms with van der Waals surface area (Å²) in [7, 11) is 0. The number of para-hydroxylation sites is 4. The molecule has 0 radical (unpaired) electrons. The molecule has 430 valence electrons. The maximum atomic E-state index is 10.2. The van der Waals surface area contributed by atoms with Gasteiger partial charge in [0, 0.05) is 65.3 Å². The van der Waals surface area contributed by atoms with Crippen LogP contribution in [0.5, 0.6) is 0 Å². The zero-order valence-electron chi connectivity index (χ0n) is 73.6. The number of hydrogen-bond acceptors (Lipinski definition) is 2. The molecule has 4 heterocycles. The van der Waals surface area contributed by atoms with Crippen LogP contribution in [-0.2, 0) is 10.8 Å². The lowest BCUT2D eigenvalue weighted by atomic mass is 9.86. The van der Waals surface area contributed by atoms with E-state index in [2.05, 4.69) is 86.7 Å². The summed E-state index contributed by atoms with van der Waals surface area (Å²) in [5.74, 6) is 0. The molecule has 0 atom stereocenters. The molecule has 0 saturated carbocycles. The molecule has 0 aliphatic rings. The second kappa shape index (κ2) is 20.3. The van der Waals surface area contributed by atoms with Crippen LogP contribution < -0.4 is 9.80 Å². The SMILES string of the molecule is [2H]c1c([2H])c([2H])c(-c2ccccc2N(c2ccccc2-c2c([2H])c([2H])c([2H])c([2H])c2[2H])c2ccc3c4cc5c(cc4n4c6ccc(C(C)(C)C)cc6c2c34)c2ccc(N(c3ccccc3-c3c([2H])c([2H])c([2H])c([2H])c3[2H])c3c([2H])c([2H])c([2H])c([2H])c3-c3c([2H])c([2H])c([2H])c([2H])c3[2H])c3c4cc(C(C)(C)C)ccc4n5c23)c([2H])c1[2H]. The van der Waals surface area contributed by atoms with Gasteiger partial charge < -0.3 is 18.6 Å². The van der Waals surface area contributed by atoms with Gasteiger partial charge in [-0.2, -0.15) is 0 Å². The largest absolute Gasteiger partial charge is 0.309 e. The van der Waals surface area contributed by atoms with Crippen LogP contribution in [0.25, 0.3) is 121 Å². The van der Waals surface area contributed by atoms with Crippen LogP contribution in [-0.4, -0.2) is 8.80 Å². The summed E-state index contributed by atoms with van der Waals surface area (Å²) < 4.78 is 225. The molecule has 90 heavy (non-hydrogen) atoms. The molecule has 17 aromatic rings. The minimum Gasteiger partial charge on any atom is -0.309 e. The molecule has 0 fully saturated rings. The fraction of sp³-hybridized carbons (Fsp3) is 0.0930. The maximum absolute atomic E-state index is 10.2. The lowest BCUT2D eigenvalue weighted by Gasteiger charge is -2.30. The highest BCUT2D eigenvalue weighted by Gasteiger charge is 2.32. The molecule has 0 bridgehead atoms. The molecule has 0 aliphatic heterocycles. The molecule has 17 rings (SSSR count). The van der Waals surface area contributed by atoms with E-state index in [1.165, 1.54) is 11.0 Å². The first kappa shape index (κ1) is 34.0. The highest BCUT2D eigenvalue weighted by Crippen LogP contribution is 2.55. The van der Waals surface area contributed by atoms with E-state index in [4.69, 9.17) is 16.4 Å². The van der Waals surface area contributed by atoms with Crippen molar-refractivity contribution in [1.82, 2.24) is 8.80 Å². The quantitative estimate of drug-likeness (QED) is 0.136. The Kier molecular flexibility index (Phi) is 7.67. The lowest BCUT2D eigenvalue weighted by Crippen LogP contribution is -2.13. The second-order valence-electron chi connectivity index (χ2n) is 24.7. The Labute approximate surface area is 558 Å². The molecule has 0 aliphatic carbocycles. The zero-order chi connectivity index (χ0) is 81.5. The first-order valence-electron chi connectivity index (χ1n) is 41.6. The minimum atomic E-state index is -0.787. The summed E-state index contributed by atoms with van der Waals surface area (Å²) in [5.41, 5.74) is 5.11. The number of hydrogen-bond donors (Lipinski definition) is 0. The van der Waals surface area contributed by atoms with E-state index in [0.717, 1.165) is 49.2 Å². The van der Waals surface area contributed by atoms with Crippen molar-refractivity contribution in [3.05, 3.63) is 302 Å². The summed E-state index contributed by atoms with van der Waals surface area (Å²) in [6, 6.07) is 29.0. The van der Waals surface area contributed by atoms with Crippen LogP contribution in [0.4, 0.5) is 34.1 Å². The third-order valence-corrected chi connectivity index (χ3v) is 17.5. The van der Waals surface area contributed by atoms with Crippen LogP contribution in [0.3, 0.4) is 0 Å². The second-order valence-corrected chi connectivity index (χ2v) is 24.7. The molecule has 0 amide bonds. The summed E-state index contributed by atoms with van der Waals surface area (Å²) in [4.78, 5) is 3.38. The van der Waals surface area contributed by atoms with E-state index >= 15 is 0 Å². The third-order valence-electron chi connectivity index (χ3n) is 17.5. The van der Waals surface area contributed by atoms with E-state index < -0.39 is 167 Å². The Morgan fingerprint density at radius 1 is 0.278 bits per heavy atom. The number of benzene rings is 13. The fourth-order valence-electron chi connectivity index (χ4n) is 13.5. The van der Waals surface area contributed by atoms with Crippen molar-refractivity contribution in [2.24, 2.45) is 0 Å². The number of rotatable bonds is 10. The van der Waals surface area contributed by atoms with Crippen LogP contribution in [0.15, 0.2) is 291 Å².